The molecule has 0 aliphatic carbocycles. The molecule has 2 heterocycles. The topological polar surface area (TPSA) is 69.6 Å². The number of hydrogen-bond acceptors (Lipinski definition) is 4. The lowest BCUT2D eigenvalue weighted by Gasteiger charge is -2.07. The molecule has 0 bridgehead atoms. The summed E-state index contributed by atoms with van der Waals surface area (Å²) in [5.41, 5.74) is 8.43. The molecule has 3 rings (SSSR count). The van der Waals surface area contributed by atoms with Gasteiger partial charge in [-0.25, -0.2) is 0 Å². The molecule has 0 radical (unpaired) electrons. The average molecular weight is 251 g/mol. The van der Waals surface area contributed by atoms with E-state index in [1.807, 2.05) is 47.0 Å². The Morgan fingerprint density at radius 1 is 1.11 bits per heavy atom. The molecule has 0 atom stereocenters. The quantitative estimate of drug-likeness (QED) is 0.770. The molecule has 5 heteroatoms. The van der Waals surface area contributed by atoms with Crippen molar-refractivity contribution in [2.45, 2.75) is 6.54 Å². The molecule has 2 aromatic heterocycles. The molecular formula is C14H13N5. The van der Waals surface area contributed by atoms with E-state index in [9.17, 15) is 0 Å². The summed E-state index contributed by atoms with van der Waals surface area (Å²) in [7, 11) is 0. The molecule has 0 spiro atoms. The summed E-state index contributed by atoms with van der Waals surface area (Å²) in [5, 5.41) is 8.17. The van der Waals surface area contributed by atoms with Gasteiger partial charge in [0.05, 0.1) is 5.69 Å². The molecule has 0 aliphatic heterocycles. The van der Waals surface area contributed by atoms with Crippen molar-refractivity contribution in [2.24, 2.45) is 5.73 Å². The number of rotatable bonds is 3. The van der Waals surface area contributed by atoms with E-state index in [2.05, 4.69) is 15.2 Å². The molecule has 0 fully saturated rings. The lowest BCUT2D eigenvalue weighted by molar-refractivity contribution is 0.985. The zero-order valence-corrected chi connectivity index (χ0v) is 10.3. The molecule has 0 aliphatic rings. The molecule has 5 nitrogen and oxygen atoms in total. The van der Waals surface area contributed by atoms with Gasteiger partial charge in [-0.05, 0) is 24.3 Å². The van der Waals surface area contributed by atoms with Gasteiger partial charge < -0.3 is 5.73 Å². The van der Waals surface area contributed by atoms with Crippen LogP contribution in [0.1, 0.15) is 5.69 Å². The first-order valence-corrected chi connectivity index (χ1v) is 5.99. The summed E-state index contributed by atoms with van der Waals surface area (Å²) >= 11 is 0. The molecule has 2 N–H and O–H groups in total. The second-order valence-corrected chi connectivity index (χ2v) is 4.10. The minimum atomic E-state index is 0.410. The zero-order valence-electron chi connectivity index (χ0n) is 10.3. The van der Waals surface area contributed by atoms with E-state index in [4.69, 9.17) is 5.73 Å². The van der Waals surface area contributed by atoms with Crippen molar-refractivity contribution < 1.29 is 0 Å². The summed E-state index contributed by atoms with van der Waals surface area (Å²) in [5.74, 6) is 0.781. The average Bonchev–Trinajstić information content (AvgIpc) is 2.98. The van der Waals surface area contributed by atoms with E-state index in [-0.39, 0.29) is 0 Å². The fourth-order valence-electron chi connectivity index (χ4n) is 1.94. The Balaban J connectivity index is 2.09. The van der Waals surface area contributed by atoms with Gasteiger partial charge in [0.2, 0.25) is 0 Å². The summed E-state index contributed by atoms with van der Waals surface area (Å²) in [6, 6.07) is 13.8. The Labute approximate surface area is 110 Å². The van der Waals surface area contributed by atoms with Gasteiger partial charge in [0.1, 0.15) is 6.33 Å². The first-order chi connectivity index (χ1) is 9.38. The highest BCUT2D eigenvalue weighted by Gasteiger charge is 2.09. The van der Waals surface area contributed by atoms with Crippen molar-refractivity contribution in [1.82, 2.24) is 19.7 Å². The number of benzene rings is 1. The Bertz CT molecular complexity index is 675. The monoisotopic (exact) mass is 251 g/mol. The van der Waals surface area contributed by atoms with E-state index in [0.717, 1.165) is 22.8 Å². The minimum Gasteiger partial charge on any atom is -0.325 e. The van der Waals surface area contributed by atoms with Crippen LogP contribution in [-0.4, -0.2) is 19.7 Å². The van der Waals surface area contributed by atoms with Crippen LogP contribution >= 0.6 is 0 Å². The molecule has 0 saturated heterocycles. The highest BCUT2D eigenvalue weighted by Crippen LogP contribution is 2.20. The second-order valence-electron chi connectivity index (χ2n) is 4.10. The normalized spacial score (nSPS) is 10.6. The Hall–Kier alpha value is -2.53. The van der Waals surface area contributed by atoms with Gasteiger partial charge in [0.25, 0.3) is 0 Å². The van der Waals surface area contributed by atoms with E-state index in [1.165, 1.54) is 0 Å². The number of nitrogens with two attached hydrogens (primary N) is 1. The lowest BCUT2D eigenvalue weighted by Crippen LogP contribution is -2.01. The van der Waals surface area contributed by atoms with Crippen LogP contribution in [0.25, 0.3) is 17.1 Å². The van der Waals surface area contributed by atoms with Gasteiger partial charge in [-0.2, -0.15) is 0 Å². The number of nitrogens with zero attached hydrogens (tertiary/aromatic N) is 4. The highest BCUT2D eigenvalue weighted by molar-refractivity contribution is 5.58. The first-order valence-electron chi connectivity index (χ1n) is 5.99. The van der Waals surface area contributed by atoms with Crippen LogP contribution in [0.2, 0.25) is 0 Å². The van der Waals surface area contributed by atoms with Crippen molar-refractivity contribution in [2.75, 3.05) is 0 Å². The van der Waals surface area contributed by atoms with E-state index < -0.39 is 0 Å². The van der Waals surface area contributed by atoms with E-state index in [0.29, 0.717) is 6.54 Å². The third-order valence-corrected chi connectivity index (χ3v) is 2.87. The zero-order chi connectivity index (χ0) is 13.1. The predicted molar refractivity (Wildman–Crippen MR) is 72.5 cm³/mol. The van der Waals surface area contributed by atoms with Crippen molar-refractivity contribution in [3.05, 3.63) is 60.7 Å². The van der Waals surface area contributed by atoms with Crippen molar-refractivity contribution in [3.8, 4) is 17.1 Å². The fourth-order valence-corrected chi connectivity index (χ4v) is 1.94. The van der Waals surface area contributed by atoms with E-state index in [1.54, 1.807) is 12.5 Å². The number of aromatic nitrogens is 4. The van der Waals surface area contributed by atoms with E-state index >= 15 is 0 Å². The Kier molecular flexibility index (Phi) is 3.04. The van der Waals surface area contributed by atoms with Gasteiger partial charge in [-0.15, -0.1) is 10.2 Å². The summed E-state index contributed by atoms with van der Waals surface area (Å²) in [4.78, 5) is 4.19. The number of hydrogen-bond donors (Lipinski definition) is 1. The van der Waals surface area contributed by atoms with Crippen LogP contribution in [-0.2, 0) is 6.54 Å². The number of pyridine rings is 1. The highest BCUT2D eigenvalue weighted by atomic mass is 15.3. The largest absolute Gasteiger partial charge is 0.325 e. The molecule has 3 aromatic rings. The van der Waals surface area contributed by atoms with Crippen molar-refractivity contribution in [1.29, 1.82) is 0 Å². The standard InChI is InChI=1S/C14H13N5/c15-9-12-8-11(6-7-16-12)14-18-17-10-19(14)13-4-2-1-3-5-13/h1-8,10H,9,15H2. The maximum Gasteiger partial charge on any atom is 0.168 e. The van der Waals surface area contributed by atoms with Crippen LogP contribution in [0, 0.1) is 0 Å². The van der Waals surface area contributed by atoms with Gasteiger partial charge in [-0.3, -0.25) is 9.55 Å². The molecule has 0 unspecified atom stereocenters. The maximum atomic E-state index is 5.62. The third-order valence-electron chi connectivity index (χ3n) is 2.87. The molecule has 94 valence electrons. The van der Waals surface area contributed by atoms with Crippen LogP contribution in [0.5, 0.6) is 0 Å². The van der Waals surface area contributed by atoms with Gasteiger partial charge >= 0.3 is 0 Å². The lowest BCUT2D eigenvalue weighted by atomic mass is 10.2. The summed E-state index contributed by atoms with van der Waals surface area (Å²) < 4.78 is 1.94. The van der Waals surface area contributed by atoms with Gasteiger partial charge in [0, 0.05) is 24.0 Å². The summed E-state index contributed by atoms with van der Waals surface area (Å²) in [6.07, 6.45) is 3.44. The SMILES string of the molecule is NCc1cc(-c2nncn2-c2ccccc2)ccn1. The molecular weight excluding hydrogens is 238 g/mol. The van der Waals surface area contributed by atoms with Crippen molar-refractivity contribution >= 4 is 0 Å². The second kappa shape index (κ2) is 4.99. The van der Waals surface area contributed by atoms with Crippen molar-refractivity contribution in [3.63, 3.8) is 0 Å². The first kappa shape index (κ1) is 11.6. The minimum absolute atomic E-state index is 0.410. The predicted octanol–water partition coefficient (Wildman–Crippen LogP) is 1.79. The fraction of sp³-hybridized carbons (Fsp3) is 0.0714. The molecule has 0 amide bonds. The smallest absolute Gasteiger partial charge is 0.168 e. The van der Waals surface area contributed by atoms with Gasteiger partial charge in [0.15, 0.2) is 5.82 Å². The van der Waals surface area contributed by atoms with Crippen LogP contribution in [0.4, 0.5) is 0 Å². The Morgan fingerprint density at radius 3 is 2.74 bits per heavy atom. The maximum absolute atomic E-state index is 5.62. The van der Waals surface area contributed by atoms with Gasteiger partial charge in [-0.1, -0.05) is 18.2 Å². The molecule has 0 saturated carbocycles. The molecule has 1 aromatic carbocycles. The van der Waals surface area contributed by atoms with Crippen LogP contribution in [0.3, 0.4) is 0 Å². The summed E-state index contributed by atoms with van der Waals surface area (Å²) in [6.45, 7) is 0.410. The number of para-hydroxylation sites is 1. The third kappa shape index (κ3) is 2.23. The van der Waals surface area contributed by atoms with Crippen LogP contribution < -0.4 is 5.73 Å². The Morgan fingerprint density at radius 2 is 1.95 bits per heavy atom. The molecule has 19 heavy (non-hydrogen) atoms. The van der Waals surface area contributed by atoms with Crippen LogP contribution in [0.15, 0.2) is 55.0 Å².